The largest absolute Gasteiger partial charge is 0.360 e. The Morgan fingerprint density at radius 1 is 1.24 bits per heavy atom. The second-order valence-corrected chi connectivity index (χ2v) is 6.54. The molecule has 0 aliphatic rings. The van der Waals surface area contributed by atoms with E-state index in [9.17, 15) is 4.79 Å². The summed E-state index contributed by atoms with van der Waals surface area (Å²) in [7, 11) is 1.75. The van der Waals surface area contributed by atoms with E-state index in [-0.39, 0.29) is 12.1 Å². The molecule has 7 heteroatoms. The lowest BCUT2D eigenvalue weighted by atomic mass is 10.0. The second-order valence-electron chi connectivity index (χ2n) is 6.10. The number of hydrogen-bond donors (Lipinski definition) is 0. The van der Waals surface area contributed by atoms with Crippen molar-refractivity contribution in [1.82, 2.24) is 19.8 Å². The lowest BCUT2D eigenvalue weighted by Gasteiger charge is -2.20. The smallest absolute Gasteiger partial charge is 0.344 e. The van der Waals surface area contributed by atoms with Gasteiger partial charge in [0.25, 0.3) is 0 Å². The van der Waals surface area contributed by atoms with Crippen LogP contribution in [-0.2, 0) is 0 Å². The van der Waals surface area contributed by atoms with Crippen LogP contribution in [0.4, 0.5) is 4.79 Å². The molecular weight excluding hydrogens is 340 g/mol. The fourth-order valence-corrected chi connectivity index (χ4v) is 2.55. The highest BCUT2D eigenvalue weighted by Gasteiger charge is 2.21. The topological polar surface area (TPSA) is 64.2 Å². The van der Waals surface area contributed by atoms with Crippen molar-refractivity contribution in [3.05, 3.63) is 47.3 Å². The van der Waals surface area contributed by atoms with Crippen LogP contribution in [-0.4, -0.2) is 39.0 Å². The minimum absolute atomic E-state index is 0.0853. The molecule has 3 rings (SSSR count). The Morgan fingerprint density at radius 3 is 2.56 bits per heavy atom. The minimum Gasteiger partial charge on any atom is -0.360 e. The summed E-state index contributed by atoms with van der Waals surface area (Å²) >= 11 is 5.95. The molecular formula is C18H19ClN4O2. The van der Waals surface area contributed by atoms with Crippen LogP contribution in [0.5, 0.6) is 0 Å². The van der Waals surface area contributed by atoms with E-state index in [4.69, 9.17) is 16.1 Å². The maximum absolute atomic E-state index is 12.4. The summed E-state index contributed by atoms with van der Waals surface area (Å²) in [5.41, 5.74) is 2.94. The maximum atomic E-state index is 12.4. The molecule has 2 heterocycles. The number of carbonyl (C=O) groups is 1. The van der Waals surface area contributed by atoms with Crippen LogP contribution >= 0.6 is 11.6 Å². The molecule has 0 saturated heterocycles. The van der Waals surface area contributed by atoms with Crippen molar-refractivity contribution in [3.63, 3.8) is 0 Å². The van der Waals surface area contributed by atoms with E-state index >= 15 is 0 Å². The van der Waals surface area contributed by atoms with Crippen molar-refractivity contribution >= 4 is 17.6 Å². The average Bonchev–Trinajstić information content (AvgIpc) is 3.20. The van der Waals surface area contributed by atoms with Crippen molar-refractivity contribution in [2.45, 2.75) is 26.8 Å². The van der Waals surface area contributed by atoms with Crippen LogP contribution < -0.4 is 0 Å². The number of hydrogen-bond acceptors (Lipinski definition) is 4. The lowest BCUT2D eigenvalue weighted by Crippen LogP contribution is -2.36. The highest BCUT2D eigenvalue weighted by atomic mass is 35.5. The van der Waals surface area contributed by atoms with Gasteiger partial charge >= 0.3 is 6.03 Å². The maximum Gasteiger partial charge on any atom is 0.344 e. The highest BCUT2D eigenvalue weighted by Crippen LogP contribution is 2.33. The minimum atomic E-state index is -0.191. The Kier molecular flexibility index (Phi) is 4.63. The number of halogens is 1. The summed E-state index contributed by atoms with van der Waals surface area (Å²) in [6, 6.07) is 9.01. The number of rotatable bonds is 3. The summed E-state index contributed by atoms with van der Waals surface area (Å²) in [6.45, 7) is 5.72. The van der Waals surface area contributed by atoms with E-state index in [0.29, 0.717) is 22.2 Å². The van der Waals surface area contributed by atoms with Crippen LogP contribution in [0.2, 0.25) is 5.02 Å². The molecule has 2 aromatic heterocycles. The van der Waals surface area contributed by atoms with E-state index in [1.165, 1.54) is 4.68 Å². The zero-order valence-corrected chi connectivity index (χ0v) is 15.3. The monoisotopic (exact) mass is 358 g/mol. The van der Waals surface area contributed by atoms with Crippen molar-refractivity contribution in [1.29, 1.82) is 0 Å². The molecule has 1 aromatic carbocycles. The van der Waals surface area contributed by atoms with Gasteiger partial charge in [0.1, 0.15) is 11.5 Å². The van der Waals surface area contributed by atoms with Crippen molar-refractivity contribution in [2.75, 3.05) is 7.05 Å². The molecule has 0 aliphatic heterocycles. The van der Waals surface area contributed by atoms with E-state index in [2.05, 4.69) is 10.3 Å². The third-order valence-corrected chi connectivity index (χ3v) is 4.35. The first-order chi connectivity index (χ1) is 11.9. The first-order valence-corrected chi connectivity index (χ1v) is 8.31. The molecule has 1 amide bonds. The SMILES string of the molecule is Cc1onc(-c2ccc(Cl)cc2)c1-c1ccn(C(=O)N(C)C(C)C)n1. The Labute approximate surface area is 151 Å². The zero-order valence-electron chi connectivity index (χ0n) is 14.5. The fraction of sp³-hybridized carbons (Fsp3) is 0.278. The number of carbonyl (C=O) groups excluding carboxylic acids is 1. The van der Waals surface area contributed by atoms with Gasteiger partial charge in [0, 0.05) is 29.9 Å². The second kappa shape index (κ2) is 6.72. The van der Waals surface area contributed by atoms with Gasteiger partial charge in [-0.05, 0) is 39.0 Å². The molecule has 0 saturated carbocycles. The van der Waals surface area contributed by atoms with Crippen LogP contribution in [0.1, 0.15) is 19.6 Å². The first-order valence-electron chi connectivity index (χ1n) is 7.94. The molecule has 0 radical (unpaired) electrons. The molecule has 25 heavy (non-hydrogen) atoms. The number of amides is 1. The van der Waals surface area contributed by atoms with Crippen molar-refractivity contribution < 1.29 is 9.32 Å². The Balaban J connectivity index is 2.00. The summed E-state index contributed by atoms with van der Waals surface area (Å²) in [6.07, 6.45) is 1.65. The number of aryl methyl sites for hydroxylation is 1. The van der Waals surface area contributed by atoms with Gasteiger partial charge in [0.2, 0.25) is 0 Å². The first kappa shape index (κ1) is 17.2. The molecule has 0 atom stereocenters. The van der Waals surface area contributed by atoms with Gasteiger partial charge in [0.15, 0.2) is 0 Å². The fourth-order valence-electron chi connectivity index (χ4n) is 2.42. The van der Waals surface area contributed by atoms with Gasteiger partial charge in [-0.15, -0.1) is 0 Å². The predicted molar refractivity (Wildman–Crippen MR) is 96.6 cm³/mol. The van der Waals surface area contributed by atoms with Gasteiger partial charge in [-0.1, -0.05) is 28.9 Å². The predicted octanol–water partition coefficient (Wildman–Crippen LogP) is 4.48. The molecule has 0 N–H and O–H groups in total. The Hall–Kier alpha value is -2.60. The number of aromatic nitrogens is 3. The zero-order chi connectivity index (χ0) is 18.1. The van der Waals surface area contributed by atoms with E-state index in [1.54, 1.807) is 36.3 Å². The van der Waals surface area contributed by atoms with Gasteiger partial charge < -0.3 is 9.42 Å². The van der Waals surface area contributed by atoms with E-state index < -0.39 is 0 Å². The van der Waals surface area contributed by atoms with Crippen molar-refractivity contribution in [3.8, 4) is 22.5 Å². The number of nitrogens with zero attached hydrogens (tertiary/aromatic N) is 4. The van der Waals surface area contributed by atoms with Crippen LogP contribution in [0.25, 0.3) is 22.5 Å². The van der Waals surface area contributed by atoms with Crippen LogP contribution in [0.3, 0.4) is 0 Å². The average molecular weight is 359 g/mol. The molecule has 0 bridgehead atoms. The van der Waals surface area contributed by atoms with Crippen molar-refractivity contribution in [2.24, 2.45) is 0 Å². The number of benzene rings is 1. The quantitative estimate of drug-likeness (QED) is 0.692. The normalized spacial score (nSPS) is 11.1. The summed E-state index contributed by atoms with van der Waals surface area (Å²) in [4.78, 5) is 14.0. The van der Waals surface area contributed by atoms with Gasteiger partial charge in [-0.25, -0.2) is 4.79 Å². The molecule has 3 aromatic rings. The third kappa shape index (κ3) is 3.30. The van der Waals surface area contributed by atoms with Crippen LogP contribution in [0.15, 0.2) is 41.1 Å². The van der Waals surface area contributed by atoms with Crippen LogP contribution in [0, 0.1) is 6.92 Å². The van der Waals surface area contributed by atoms with Gasteiger partial charge in [-0.2, -0.15) is 9.78 Å². The van der Waals surface area contributed by atoms with Gasteiger partial charge in [0.05, 0.1) is 11.3 Å². The standard InChI is InChI=1S/C18H19ClN4O2/c1-11(2)22(4)18(24)23-10-9-15(20-23)16-12(3)25-21-17(16)13-5-7-14(19)8-6-13/h5-11H,1-4H3. The molecule has 0 spiro atoms. The molecule has 0 aliphatic carbocycles. The Bertz CT molecular complexity index is 896. The molecule has 6 nitrogen and oxygen atoms in total. The molecule has 0 fully saturated rings. The molecule has 0 unspecified atom stereocenters. The highest BCUT2D eigenvalue weighted by molar-refractivity contribution is 6.30. The van der Waals surface area contributed by atoms with Gasteiger partial charge in [-0.3, -0.25) is 0 Å². The van der Waals surface area contributed by atoms with E-state index in [0.717, 1.165) is 11.1 Å². The van der Waals surface area contributed by atoms with E-state index in [1.807, 2.05) is 32.9 Å². The lowest BCUT2D eigenvalue weighted by molar-refractivity contribution is 0.196. The Morgan fingerprint density at radius 2 is 1.92 bits per heavy atom. The summed E-state index contributed by atoms with van der Waals surface area (Å²) in [5, 5.41) is 9.22. The summed E-state index contributed by atoms with van der Waals surface area (Å²) in [5.74, 6) is 0.639. The summed E-state index contributed by atoms with van der Waals surface area (Å²) < 4.78 is 6.69. The third-order valence-electron chi connectivity index (χ3n) is 4.10. The molecule has 130 valence electrons.